The SMILES string of the molecule is CN=C(NCc1cc(Cl)c2c(c1)OCCO2)NCc1cc(Cl)c(Cl)n1C.I. The van der Waals surface area contributed by atoms with E-state index in [1.54, 1.807) is 7.05 Å². The zero-order chi connectivity index (χ0) is 18.7. The molecule has 2 heterocycles. The molecule has 0 saturated carbocycles. The molecule has 0 unspecified atom stereocenters. The number of guanidine groups is 1. The highest BCUT2D eigenvalue weighted by atomic mass is 127. The van der Waals surface area contributed by atoms with Crippen molar-refractivity contribution < 1.29 is 9.47 Å². The van der Waals surface area contributed by atoms with Crippen LogP contribution in [0.2, 0.25) is 15.2 Å². The summed E-state index contributed by atoms with van der Waals surface area (Å²) in [6.07, 6.45) is 0. The molecule has 2 aromatic rings. The topological polar surface area (TPSA) is 59.8 Å². The fraction of sp³-hybridized carbons (Fsp3) is 0.353. The molecule has 1 aliphatic rings. The molecule has 0 spiro atoms. The predicted octanol–water partition coefficient (Wildman–Crippen LogP) is 4.24. The van der Waals surface area contributed by atoms with Crippen molar-refractivity contribution in [3.8, 4) is 11.5 Å². The van der Waals surface area contributed by atoms with Crippen LogP contribution in [0.1, 0.15) is 11.3 Å². The Kier molecular flexibility index (Phi) is 8.20. The van der Waals surface area contributed by atoms with Gasteiger partial charge in [0.1, 0.15) is 18.4 Å². The fourth-order valence-corrected chi connectivity index (χ4v) is 3.31. The van der Waals surface area contributed by atoms with Gasteiger partial charge in [-0.2, -0.15) is 0 Å². The highest BCUT2D eigenvalue weighted by Gasteiger charge is 2.16. The van der Waals surface area contributed by atoms with E-state index >= 15 is 0 Å². The second-order valence-electron chi connectivity index (χ2n) is 5.71. The number of hydrogen-bond donors (Lipinski definition) is 2. The summed E-state index contributed by atoms with van der Waals surface area (Å²) in [5.74, 6) is 1.91. The van der Waals surface area contributed by atoms with E-state index in [1.165, 1.54) is 0 Å². The number of nitrogens with zero attached hydrogens (tertiary/aromatic N) is 2. The number of fused-ring (bicyclic) bond motifs is 1. The largest absolute Gasteiger partial charge is 0.486 e. The molecule has 2 N–H and O–H groups in total. The first-order chi connectivity index (χ1) is 12.5. The third kappa shape index (κ3) is 5.28. The molecule has 0 saturated heterocycles. The zero-order valence-electron chi connectivity index (χ0n) is 14.8. The Morgan fingerprint density at radius 1 is 1.07 bits per heavy atom. The fourth-order valence-electron chi connectivity index (χ4n) is 2.61. The highest BCUT2D eigenvalue weighted by molar-refractivity contribution is 14.0. The first-order valence-corrected chi connectivity index (χ1v) is 9.15. The summed E-state index contributed by atoms with van der Waals surface area (Å²) >= 11 is 18.4. The van der Waals surface area contributed by atoms with Crippen LogP contribution in [0.3, 0.4) is 0 Å². The summed E-state index contributed by atoms with van der Waals surface area (Å²) < 4.78 is 13.0. The van der Waals surface area contributed by atoms with Crippen LogP contribution in [-0.4, -0.2) is 30.8 Å². The van der Waals surface area contributed by atoms with E-state index < -0.39 is 0 Å². The van der Waals surface area contributed by atoms with Crippen LogP contribution in [0.4, 0.5) is 0 Å². The van der Waals surface area contributed by atoms with E-state index in [2.05, 4.69) is 15.6 Å². The minimum atomic E-state index is 0. The Labute approximate surface area is 190 Å². The van der Waals surface area contributed by atoms with Crippen molar-refractivity contribution >= 4 is 64.7 Å². The number of aliphatic imine (C=N–C) groups is 1. The number of benzene rings is 1. The van der Waals surface area contributed by atoms with Gasteiger partial charge in [0.25, 0.3) is 0 Å². The van der Waals surface area contributed by atoms with Crippen LogP contribution in [0.25, 0.3) is 0 Å². The van der Waals surface area contributed by atoms with Crippen molar-refractivity contribution in [3.05, 3.63) is 44.7 Å². The van der Waals surface area contributed by atoms with Gasteiger partial charge in [-0.25, -0.2) is 0 Å². The maximum Gasteiger partial charge on any atom is 0.191 e. The van der Waals surface area contributed by atoms with E-state index in [0.717, 1.165) is 11.3 Å². The number of rotatable bonds is 4. The van der Waals surface area contributed by atoms with E-state index in [9.17, 15) is 0 Å². The van der Waals surface area contributed by atoms with Gasteiger partial charge in [0.15, 0.2) is 17.5 Å². The van der Waals surface area contributed by atoms with Gasteiger partial charge in [-0.1, -0.05) is 34.8 Å². The molecule has 6 nitrogen and oxygen atoms in total. The second-order valence-corrected chi connectivity index (χ2v) is 6.89. The van der Waals surface area contributed by atoms with Crippen molar-refractivity contribution in [3.63, 3.8) is 0 Å². The molecule has 27 heavy (non-hydrogen) atoms. The van der Waals surface area contributed by atoms with Crippen LogP contribution in [0.5, 0.6) is 11.5 Å². The quantitative estimate of drug-likeness (QED) is 0.343. The number of hydrogen-bond acceptors (Lipinski definition) is 3. The standard InChI is InChI=1S/C17H19Cl3N4O2.HI/c1-21-17(23-9-11-7-13(19)16(20)24(11)2)22-8-10-5-12(18)15-14(6-10)25-3-4-26-15;/h5-7H,3-4,8-9H2,1-2H3,(H2,21,22,23);1H. The third-order valence-electron chi connectivity index (χ3n) is 3.99. The van der Waals surface area contributed by atoms with Gasteiger partial charge in [-0.05, 0) is 23.8 Å². The van der Waals surface area contributed by atoms with E-state index in [4.69, 9.17) is 44.3 Å². The van der Waals surface area contributed by atoms with Gasteiger partial charge < -0.3 is 24.7 Å². The summed E-state index contributed by atoms with van der Waals surface area (Å²) in [7, 11) is 3.57. The van der Waals surface area contributed by atoms with E-state index in [0.29, 0.717) is 59.0 Å². The van der Waals surface area contributed by atoms with Gasteiger partial charge >= 0.3 is 0 Å². The van der Waals surface area contributed by atoms with Crippen molar-refractivity contribution in [2.45, 2.75) is 13.1 Å². The molecular formula is C17H20Cl3IN4O2. The van der Waals surface area contributed by atoms with Crippen LogP contribution in [0.15, 0.2) is 23.2 Å². The summed E-state index contributed by atoms with van der Waals surface area (Å²) in [5, 5.41) is 8.04. The lowest BCUT2D eigenvalue weighted by Gasteiger charge is -2.20. The van der Waals surface area contributed by atoms with Crippen molar-refractivity contribution in [1.82, 2.24) is 15.2 Å². The molecule has 0 radical (unpaired) electrons. The normalized spacial score (nSPS) is 13.1. The lowest BCUT2D eigenvalue weighted by atomic mass is 10.2. The van der Waals surface area contributed by atoms with Gasteiger partial charge in [-0.3, -0.25) is 4.99 Å². The maximum absolute atomic E-state index is 6.27. The lowest BCUT2D eigenvalue weighted by molar-refractivity contribution is 0.171. The van der Waals surface area contributed by atoms with Gasteiger partial charge in [0.2, 0.25) is 0 Å². The molecule has 0 amide bonds. The van der Waals surface area contributed by atoms with Crippen LogP contribution < -0.4 is 20.1 Å². The first kappa shape index (κ1) is 22.3. The highest BCUT2D eigenvalue weighted by Crippen LogP contribution is 2.38. The Morgan fingerprint density at radius 2 is 1.78 bits per heavy atom. The Morgan fingerprint density at radius 3 is 2.44 bits per heavy atom. The van der Waals surface area contributed by atoms with Gasteiger partial charge in [-0.15, -0.1) is 24.0 Å². The number of ether oxygens (including phenoxy) is 2. The Hall–Kier alpha value is -1.03. The molecule has 10 heteroatoms. The summed E-state index contributed by atoms with van der Waals surface area (Å²) in [6.45, 7) is 2.09. The number of halogens is 4. The number of aromatic nitrogens is 1. The Bertz CT molecular complexity index is 842. The van der Waals surface area contributed by atoms with Gasteiger partial charge in [0, 0.05) is 26.3 Å². The minimum Gasteiger partial charge on any atom is -0.486 e. The smallest absolute Gasteiger partial charge is 0.191 e. The summed E-state index contributed by atoms with van der Waals surface area (Å²) in [6, 6.07) is 5.59. The Balaban J connectivity index is 0.00000261. The van der Waals surface area contributed by atoms with Crippen molar-refractivity contribution in [2.24, 2.45) is 12.0 Å². The lowest BCUT2D eigenvalue weighted by Crippen LogP contribution is -2.36. The third-order valence-corrected chi connectivity index (χ3v) is 5.12. The average molecular weight is 546 g/mol. The van der Waals surface area contributed by atoms with Crippen molar-refractivity contribution in [2.75, 3.05) is 20.3 Å². The molecule has 0 atom stereocenters. The molecule has 0 bridgehead atoms. The molecule has 148 valence electrons. The monoisotopic (exact) mass is 544 g/mol. The average Bonchev–Trinajstić information content (AvgIpc) is 2.89. The maximum atomic E-state index is 6.27. The van der Waals surface area contributed by atoms with Gasteiger partial charge in [0.05, 0.1) is 16.6 Å². The van der Waals surface area contributed by atoms with E-state index in [-0.39, 0.29) is 24.0 Å². The summed E-state index contributed by atoms with van der Waals surface area (Å²) in [4.78, 5) is 4.22. The minimum absolute atomic E-state index is 0. The zero-order valence-corrected chi connectivity index (χ0v) is 19.4. The molecule has 3 rings (SSSR count). The molecule has 0 fully saturated rings. The van der Waals surface area contributed by atoms with Crippen LogP contribution >= 0.6 is 58.8 Å². The van der Waals surface area contributed by atoms with E-state index in [1.807, 2.05) is 29.8 Å². The predicted molar refractivity (Wildman–Crippen MR) is 120 cm³/mol. The molecule has 1 aliphatic heterocycles. The van der Waals surface area contributed by atoms with Crippen molar-refractivity contribution in [1.29, 1.82) is 0 Å². The summed E-state index contributed by atoms with van der Waals surface area (Å²) in [5.41, 5.74) is 1.91. The van der Waals surface area contributed by atoms with Crippen LogP contribution in [0, 0.1) is 0 Å². The van der Waals surface area contributed by atoms with Crippen LogP contribution in [-0.2, 0) is 20.1 Å². The molecule has 1 aromatic heterocycles. The first-order valence-electron chi connectivity index (χ1n) is 8.01. The second kappa shape index (κ2) is 9.95. The molecule has 1 aromatic carbocycles. The molecule has 0 aliphatic carbocycles. The molecular weight excluding hydrogens is 525 g/mol. The number of nitrogens with one attached hydrogen (secondary N) is 2.